The van der Waals surface area contributed by atoms with Crippen molar-refractivity contribution in [3.8, 4) is 22.8 Å². The monoisotopic (exact) mass is 577 g/mol. The minimum Gasteiger partial charge on any atom is -0.478 e. The van der Waals surface area contributed by atoms with Crippen molar-refractivity contribution >= 4 is 35.0 Å². The number of aromatic carboxylic acids is 2. The van der Waals surface area contributed by atoms with E-state index in [1.165, 1.54) is 12.1 Å². The molecule has 9 nitrogen and oxygen atoms in total. The van der Waals surface area contributed by atoms with Crippen molar-refractivity contribution in [1.82, 2.24) is 10.3 Å². The van der Waals surface area contributed by atoms with Gasteiger partial charge in [-0.15, -0.1) is 0 Å². The molecule has 0 saturated carbocycles. The fourth-order valence-corrected chi connectivity index (χ4v) is 5.25. The lowest BCUT2D eigenvalue weighted by Gasteiger charge is -2.26. The van der Waals surface area contributed by atoms with Crippen LogP contribution in [0.2, 0.25) is 0 Å². The van der Waals surface area contributed by atoms with Gasteiger partial charge in [0.25, 0.3) is 0 Å². The van der Waals surface area contributed by atoms with Gasteiger partial charge in [-0.1, -0.05) is 24.3 Å². The van der Waals surface area contributed by atoms with E-state index >= 15 is 0 Å². The largest absolute Gasteiger partial charge is 0.478 e. The van der Waals surface area contributed by atoms with Gasteiger partial charge in [-0.2, -0.15) is 0 Å². The first-order valence-electron chi connectivity index (χ1n) is 12.9. The molecule has 0 aliphatic carbocycles. The smallest absolute Gasteiger partial charge is 0.335 e. The van der Waals surface area contributed by atoms with Crippen LogP contribution in [0.5, 0.6) is 11.5 Å². The van der Waals surface area contributed by atoms with Gasteiger partial charge in [0.15, 0.2) is 5.11 Å². The summed E-state index contributed by atoms with van der Waals surface area (Å²) >= 11 is 5.79. The number of anilines is 1. The first kappa shape index (κ1) is 26.7. The number of ether oxygens (including phenoxy) is 1. The molecular formula is C32H23N3O6S. The maximum atomic E-state index is 11.7. The molecule has 2 aromatic heterocycles. The second-order valence-electron chi connectivity index (χ2n) is 9.52. The minimum absolute atomic E-state index is 0.155. The SMILES string of the molecule is O=C(O)c1cc(C(=O)O)cc(-c2ccc([C@@H]3[C@H](c4ccccn4)NC(=S)N3c3ccc(Oc4ccccc4)cc3)o2)c1. The number of hydrogen-bond acceptors (Lipinski definition) is 6. The molecule has 1 aliphatic rings. The van der Waals surface area contributed by atoms with E-state index in [0.29, 0.717) is 27.9 Å². The summed E-state index contributed by atoms with van der Waals surface area (Å²) in [4.78, 5) is 29.8. The van der Waals surface area contributed by atoms with E-state index in [4.69, 9.17) is 21.4 Å². The first-order chi connectivity index (χ1) is 20.4. The summed E-state index contributed by atoms with van der Waals surface area (Å²) in [5.74, 6) is -0.253. The molecule has 6 rings (SSSR count). The quantitative estimate of drug-likeness (QED) is 0.171. The molecule has 1 fully saturated rings. The number of para-hydroxylation sites is 1. The van der Waals surface area contributed by atoms with Gasteiger partial charge >= 0.3 is 11.9 Å². The molecule has 1 aliphatic heterocycles. The molecule has 0 amide bonds. The van der Waals surface area contributed by atoms with Crippen molar-refractivity contribution in [2.75, 3.05) is 4.90 Å². The molecule has 3 heterocycles. The van der Waals surface area contributed by atoms with Crippen molar-refractivity contribution in [2.45, 2.75) is 12.1 Å². The lowest BCUT2D eigenvalue weighted by Crippen LogP contribution is -2.29. The summed E-state index contributed by atoms with van der Waals surface area (Å²) in [5.41, 5.74) is 1.55. The molecule has 1 saturated heterocycles. The topological polar surface area (TPSA) is 125 Å². The zero-order valence-corrected chi connectivity index (χ0v) is 22.7. The predicted molar refractivity (Wildman–Crippen MR) is 159 cm³/mol. The second-order valence-corrected chi connectivity index (χ2v) is 9.90. The summed E-state index contributed by atoms with van der Waals surface area (Å²) in [6.07, 6.45) is 1.70. The fraction of sp³-hybridized carbons (Fsp3) is 0.0625. The third-order valence-corrected chi connectivity index (χ3v) is 7.14. The molecule has 3 aromatic carbocycles. The van der Waals surface area contributed by atoms with E-state index in [1.54, 1.807) is 18.3 Å². The van der Waals surface area contributed by atoms with Gasteiger partial charge in [-0.3, -0.25) is 4.98 Å². The summed E-state index contributed by atoms with van der Waals surface area (Å²) in [5, 5.41) is 22.9. The summed E-state index contributed by atoms with van der Waals surface area (Å²) < 4.78 is 12.2. The lowest BCUT2D eigenvalue weighted by molar-refractivity contribution is 0.0696. The molecule has 2 atom stereocenters. The number of nitrogens with zero attached hydrogens (tertiary/aromatic N) is 2. The maximum absolute atomic E-state index is 11.7. The van der Waals surface area contributed by atoms with E-state index in [2.05, 4.69) is 10.3 Å². The van der Waals surface area contributed by atoms with Crippen LogP contribution in [0.25, 0.3) is 11.3 Å². The van der Waals surface area contributed by atoms with Crippen molar-refractivity contribution in [1.29, 1.82) is 0 Å². The number of nitrogens with one attached hydrogen (secondary N) is 1. The second kappa shape index (κ2) is 11.2. The lowest BCUT2D eigenvalue weighted by atomic mass is 10.0. The predicted octanol–water partition coefficient (Wildman–Crippen LogP) is 6.71. The number of benzene rings is 3. The Morgan fingerprint density at radius 1 is 0.833 bits per heavy atom. The van der Waals surface area contributed by atoms with Gasteiger partial charge in [0, 0.05) is 17.4 Å². The highest BCUT2D eigenvalue weighted by Gasteiger charge is 2.42. The van der Waals surface area contributed by atoms with Crippen LogP contribution in [-0.2, 0) is 0 Å². The Kier molecular flexibility index (Phi) is 7.12. The van der Waals surface area contributed by atoms with Crippen LogP contribution in [0, 0.1) is 0 Å². The highest BCUT2D eigenvalue weighted by molar-refractivity contribution is 7.80. The number of carbonyl (C=O) groups is 2. The molecule has 42 heavy (non-hydrogen) atoms. The highest BCUT2D eigenvalue weighted by Crippen LogP contribution is 2.43. The van der Waals surface area contributed by atoms with Gasteiger partial charge in [0.2, 0.25) is 0 Å². The van der Waals surface area contributed by atoms with E-state index in [0.717, 1.165) is 23.2 Å². The average molecular weight is 578 g/mol. The van der Waals surface area contributed by atoms with Crippen LogP contribution in [0.3, 0.4) is 0 Å². The Balaban J connectivity index is 1.38. The standard InChI is InChI=1S/C32H23N3O6S/c36-30(37)20-16-19(17-21(18-20)31(38)39)26-13-14-27(41-26)29-28(25-8-4-5-15-33-25)34-32(42)35(29)22-9-11-24(12-10-22)40-23-6-2-1-3-7-23/h1-18,28-29H,(H,34,42)(H,36,37)(H,38,39)/t28-,29+/m0/s1. The number of thiocarbonyl (C=S) groups is 1. The molecule has 0 spiro atoms. The number of carboxylic acids is 2. The Labute approximate surface area is 245 Å². The third kappa shape index (κ3) is 5.30. The molecule has 0 bridgehead atoms. The van der Waals surface area contributed by atoms with Crippen LogP contribution in [0.1, 0.15) is 44.3 Å². The third-order valence-electron chi connectivity index (χ3n) is 6.82. The van der Waals surface area contributed by atoms with Crippen molar-refractivity contribution in [3.63, 3.8) is 0 Å². The van der Waals surface area contributed by atoms with Crippen molar-refractivity contribution in [2.24, 2.45) is 0 Å². The number of hydrogen-bond donors (Lipinski definition) is 3. The van der Waals surface area contributed by atoms with E-state index in [9.17, 15) is 19.8 Å². The summed E-state index contributed by atoms with van der Waals surface area (Å²) in [6.45, 7) is 0. The number of furan rings is 1. The number of rotatable bonds is 8. The minimum atomic E-state index is -1.24. The van der Waals surface area contributed by atoms with Crippen LogP contribution in [0.4, 0.5) is 5.69 Å². The van der Waals surface area contributed by atoms with Gasteiger partial charge < -0.3 is 29.6 Å². The van der Waals surface area contributed by atoms with Gasteiger partial charge in [0.05, 0.1) is 22.9 Å². The Morgan fingerprint density at radius 3 is 2.14 bits per heavy atom. The normalized spacial score (nSPS) is 16.2. The zero-order chi connectivity index (χ0) is 29.2. The molecule has 0 unspecified atom stereocenters. The average Bonchev–Trinajstić information content (AvgIpc) is 3.63. The van der Waals surface area contributed by atoms with Crippen LogP contribution in [-0.4, -0.2) is 32.2 Å². The summed E-state index contributed by atoms with van der Waals surface area (Å²) in [6, 6.07) is 29.1. The molecule has 208 valence electrons. The zero-order valence-electron chi connectivity index (χ0n) is 21.9. The molecule has 0 radical (unpaired) electrons. The molecule has 3 N–H and O–H groups in total. The maximum Gasteiger partial charge on any atom is 0.335 e. The van der Waals surface area contributed by atoms with Crippen molar-refractivity contribution in [3.05, 3.63) is 132 Å². The highest BCUT2D eigenvalue weighted by atomic mass is 32.1. The van der Waals surface area contributed by atoms with Crippen molar-refractivity contribution < 1.29 is 29.0 Å². The van der Waals surface area contributed by atoms with Gasteiger partial charge in [-0.05, 0) is 91.1 Å². The first-order valence-corrected chi connectivity index (χ1v) is 13.3. The fourth-order valence-electron chi connectivity index (χ4n) is 4.91. The van der Waals surface area contributed by atoms with E-state index in [1.807, 2.05) is 77.7 Å². The number of pyridine rings is 1. The number of carboxylic acid groups (broad SMARTS) is 2. The Bertz CT molecular complexity index is 1740. The number of aromatic nitrogens is 1. The van der Waals surface area contributed by atoms with Crippen LogP contribution in [0.15, 0.2) is 114 Å². The van der Waals surface area contributed by atoms with Crippen LogP contribution >= 0.6 is 12.2 Å². The van der Waals surface area contributed by atoms with Gasteiger partial charge in [0.1, 0.15) is 29.1 Å². The molecule has 10 heteroatoms. The molecular weight excluding hydrogens is 554 g/mol. The summed E-state index contributed by atoms with van der Waals surface area (Å²) in [7, 11) is 0. The van der Waals surface area contributed by atoms with Crippen LogP contribution < -0.4 is 15.0 Å². The Hall–Kier alpha value is -5.48. The molecule has 5 aromatic rings. The van der Waals surface area contributed by atoms with E-state index in [-0.39, 0.29) is 17.2 Å². The van der Waals surface area contributed by atoms with Gasteiger partial charge in [-0.25, -0.2) is 9.59 Å². The van der Waals surface area contributed by atoms with E-state index < -0.39 is 18.0 Å². The Morgan fingerprint density at radius 2 is 1.50 bits per heavy atom.